The minimum Gasteiger partial charge on any atom is -0.497 e. The highest BCUT2D eigenvalue weighted by molar-refractivity contribution is 5.86. The first-order chi connectivity index (χ1) is 15.7. The maximum atomic E-state index is 13.5. The van der Waals surface area contributed by atoms with Gasteiger partial charge in [0.05, 0.1) is 18.5 Å². The van der Waals surface area contributed by atoms with Gasteiger partial charge >= 0.3 is 5.56 Å². The Kier molecular flexibility index (Phi) is 5.31. The third-order valence-electron chi connectivity index (χ3n) is 5.88. The maximum Gasteiger partial charge on any atom is 0.316 e. The van der Waals surface area contributed by atoms with E-state index in [-0.39, 0.29) is 11.3 Å². The van der Waals surface area contributed by atoms with E-state index in [2.05, 4.69) is 10.00 Å². The Balaban J connectivity index is 1.67. The van der Waals surface area contributed by atoms with Crippen molar-refractivity contribution in [1.29, 1.82) is 0 Å². The molecule has 0 atom stereocenters. The van der Waals surface area contributed by atoms with Crippen LogP contribution in [0.1, 0.15) is 25.0 Å². The molecule has 32 heavy (non-hydrogen) atoms. The Morgan fingerprint density at radius 3 is 2.47 bits per heavy atom. The summed E-state index contributed by atoms with van der Waals surface area (Å²) in [5, 5.41) is 3.32. The van der Waals surface area contributed by atoms with Crippen molar-refractivity contribution in [2.75, 3.05) is 25.1 Å². The van der Waals surface area contributed by atoms with Crippen LogP contribution in [0.5, 0.6) is 17.2 Å². The van der Waals surface area contributed by atoms with Gasteiger partial charge in [0.15, 0.2) is 5.65 Å². The Morgan fingerprint density at radius 2 is 1.72 bits per heavy atom. The summed E-state index contributed by atoms with van der Waals surface area (Å²) in [4.78, 5) is 20.7. The largest absolute Gasteiger partial charge is 0.497 e. The molecule has 0 radical (unpaired) electrons. The van der Waals surface area contributed by atoms with Crippen molar-refractivity contribution in [2.45, 2.75) is 26.2 Å². The smallest absolute Gasteiger partial charge is 0.316 e. The summed E-state index contributed by atoms with van der Waals surface area (Å²) < 4.78 is 12.8. The van der Waals surface area contributed by atoms with Crippen molar-refractivity contribution in [3.8, 4) is 28.5 Å². The number of ether oxygens (including phenoxy) is 2. The van der Waals surface area contributed by atoms with Crippen LogP contribution in [0.4, 0.5) is 5.69 Å². The average Bonchev–Trinajstić information content (AvgIpc) is 3.22. The lowest BCUT2D eigenvalue weighted by Crippen LogP contribution is -2.30. The van der Waals surface area contributed by atoms with E-state index in [1.54, 1.807) is 19.2 Å². The number of rotatable bonds is 5. The zero-order chi connectivity index (χ0) is 22.1. The molecule has 4 aromatic rings. The molecule has 0 amide bonds. The minimum absolute atomic E-state index is 0.196. The number of hydrogen-bond donors (Lipinski definition) is 1. The van der Waals surface area contributed by atoms with Crippen LogP contribution in [0.15, 0.2) is 59.4 Å². The number of hydrogen-bond acceptors (Lipinski definition) is 5. The molecule has 1 aliphatic heterocycles. The van der Waals surface area contributed by atoms with Gasteiger partial charge in [0.25, 0.3) is 0 Å². The maximum absolute atomic E-state index is 13.5. The van der Waals surface area contributed by atoms with Crippen LogP contribution in [0.25, 0.3) is 16.9 Å². The highest BCUT2D eigenvalue weighted by Crippen LogP contribution is 2.35. The fraction of sp³-hybridized carbons (Fsp3) is 0.280. The second kappa shape index (κ2) is 8.42. The van der Waals surface area contributed by atoms with E-state index in [4.69, 9.17) is 14.5 Å². The Bertz CT molecular complexity index is 1300. The predicted octanol–water partition coefficient (Wildman–Crippen LogP) is 4.79. The fourth-order valence-electron chi connectivity index (χ4n) is 4.27. The van der Waals surface area contributed by atoms with Crippen LogP contribution in [0.3, 0.4) is 0 Å². The first-order valence-electron chi connectivity index (χ1n) is 10.9. The Morgan fingerprint density at radius 1 is 0.969 bits per heavy atom. The molecule has 1 saturated heterocycles. The predicted molar refractivity (Wildman–Crippen MR) is 125 cm³/mol. The van der Waals surface area contributed by atoms with Crippen molar-refractivity contribution in [2.24, 2.45) is 0 Å². The zero-order valence-electron chi connectivity index (χ0n) is 18.3. The molecule has 0 spiro atoms. The van der Waals surface area contributed by atoms with Gasteiger partial charge in [0.2, 0.25) is 5.75 Å². The van der Waals surface area contributed by atoms with Crippen LogP contribution < -0.4 is 19.9 Å². The Labute approximate surface area is 186 Å². The third kappa shape index (κ3) is 3.60. The number of fused-ring (bicyclic) bond motifs is 1. The standard InChI is InChI=1S/C25H26N4O3/c1-17-23(32-20-13-9-12-19(16-20)31-2)25(30)29-24(26-17)22(28-14-7-4-8-15-28)21(27-29)18-10-5-3-6-11-18/h3,5-6,9-13,16,27H,4,7-8,14-15H2,1-2H3. The van der Waals surface area contributed by atoms with Crippen LogP contribution in [-0.4, -0.2) is 34.8 Å². The molecular weight excluding hydrogens is 404 g/mol. The van der Waals surface area contributed by atoms with Gasteiger partial charge < -0.3 is 14.4 Å². The molecule has 1 N–H and O–H groups in total. The summed E-state index contributed by atoms with van der Waals surface area (Å²) in [5.74, 6) is 1.38. The average molecular weight is 431 g/mol. The Hall–Kier alpha value is -3.74. The first kappa shape index (κ1) is 20.2. The number of nitrogens with zero attached hydrogens (tertiary/aromatic N) is 3. The van der Waals surface area contributed by atoms with Gasteiger partial charge in [0, 0.05) is 24.7 Å². The summed E-state index contributed by atoms with van der Waals surface area (Å²) >= 11 is 0. The molecule has 2 aromatic carbocycles. The van der Waals surface area contributed by atoms with E-state index in [1.165, 1.54) is 10.9 Å². The van der Waals surface area contributed by atoms with E-state index >= 15 is 0 Å². The molecule has 1 fully saturated rings. The lowest BCUT2D eigenvalue weighted by Gasteiger charge is -2.28. The quantitative estimate of drug-likeness (QED) is 0.493. The van der Waals surface area contributed by atoms with Crippen molar-refractivity contribution in [1.82, 2.24) is 14.6 Å². The molecule has 3 heterocycles. The highest BCUT2D eigenvalue weighted by atomic mass is 16.5. The number of aromatic nitrogens is 3. The third-order valence-corrected chi connectivity index (χ3v) is 5.88. The zero-order valence-corrected chi connectivity index (χ0v) is 18.3. The van der Waals surface area contributed by atoms with Crippen molar-refractivity contribution < 1.29 is 9.47 Å². The summed E-state index contributed by atoms with van der Waals surface area (Å²) in [5.41, 5.74) is 3.81. The number of methoxy groups -OCH3 is 1. The van der Waals surface area contributed by atoms with Crippen LogP contribution >= 0.6 is 0 Å². The highest BCUT2D eigenvalue weighted by Gasteiger charge is 2.25. The van der Waals surface area contributed by atoms with E-state index < -0.39 is 0 Å². The molecule has 0 saturated carbocycles. The minimum atomic E-state index is -0.268. The number of aryl methyl sites for hydroxylation is 1. The van der Waals surface area contributed by atoms with Gasteiger partial charge in [-0.05, 0) is 38.3 Å². The molecule has 7 heteroatoms. The molecule has 0 bridgehead atoms. The fourth-order valence-corrected chi connectivity index (χ4v) is 4.27. The topological polar surface area (TPSA) is 71.9 Å². The van der Waals surface area contributed by atoms with Crippen LogP contribution in [-0.2, 0) is 0 Å². The summed E-state index contributed by atoms with van der Waals surface area (Å²) in [7, 11) is 1.60. The van der Waals surface area contributed by atoms with Gasteiger partial charge in [0.1, 0.15) is 17.2 Å². The number of nitrogens with one attached hydrogen (secondary N) is 1. The summed E-state index contributed by atoms with van der Waals surface area (Å²) in [6, 6.07) is 17.3. The van der Waals surface area contributed by atoms with Gasteiger partial charge in [-0.25, -0.2) is 4.98 Å². The molecule has 1 aliphatic rings. The van der Waals surface area contributed by atoms with E-state index in [0.29, 0.717) is 22.8 Å². The molecule has 7 nitrogen and oxygen atoms in total. The number of H-pyrrole nitrogens is 1. The first-order valence-corrected chi connectivity index (χ1v) is 10.9. The molecule has 2 aromatic heterocycles. The van der Waals surface area contributed by atoms with Crippen molar-refractivity contribution >= 4 is 11.3 Å². The SMILES string of the molecule is COc1cccc(Oc2c(C)nc3c(N4CCCCC4)c(-c4ccccc4)[nH]n3c2=O)c1. The molecule has 0 unspecified atom stereocenters. The second-order valence-electron chi connectivity index (χ2n) is 8.02. The summed E-state index contributed by atoms with van der Waals surface area (Å²) in [6.45, 7) is 3.71. The number of aromatic amines is 1. The van der Waals surface area contributed by atoms with E-state index in [1.807, 2.05) is 49.4 Å². The van der Waals surface area contributed by atoms with E-state index in [9.17, 15) is 4.79 Å². The van der Waals surface area contributed by atoms with Gasteiger partial charge in [-0.2, -0.15) is 4.52 Å². The lowest BCUT2D eigenvalue weighted by atomic mass is 10.1. The summed E-state index contributed by atoms with van der Waals surface area (Å²) in [6.07, 6.45) is 3.49. The van der Waals surface area contributed by atoms with Gasteiger partial charge in [-0.1, -0.05) is 36.4 Å². The normalized spacial score (nSPS) is 14.0. The monoisotopic (exact) mass is 430 g/mol. The van der Waals surface area contributed by atoms with Crippen molar-refractivity contribution in [3.63, 3.8) is 0 Å². The second-order valence-corrected chi connectivity index (χ2v) is 8.02. The van der Waals surface area contributed by atoms with E-state index in [0.717, 1.165) is 42.9 Å². The molecule has 5 rings (SSSR count). The van der Waals surface area contributed by atoms with Crippen molar-refractivity contribution in [3.05, 3.63) is 70.6 Å². The van der Waals surface area contributed by atoms with Crippen LogP contribution in [0.2, 0.25) is 0 Å². The van der Waals surface area contributed by atoms with Crippen LogP contribution in [0, 0.1) is 6.92 Å². The van der Waals surface area contributed by atoms with Gasteiger partial charge in [-0.15, -0.1) is 0 Å². The number of piperidine rings is 1. The van der Waals surface area contributed by atoms with Gasteiger partial charge in [-0.3, -0.25) is 9.89 Å². The molecular formula is C25H26N4O3. The lowest BCUT2D eigenvalue weighted by molar-refractivity contribution is 0.407. The molecule has 0 aliphatic carbocycles. The molecule has 164 valence electrons. The number of benzene rings is 2. The number of anilines is 1.